The molecule has 0 aromatic heterocycles. The maximum atomic E-state index is 12.4. The smallest absolute Gasteiger partial charge is 0.179 e. The normalized spacial score (nSPS) is 16.9. The van der Waals surface area contributed by atoms with E-state index in [1.54, 1.807) is 12.1 Å². The maximum Gasteiger partial charge on any atom is 0.179 e. The van der Waals surface area contributed by atoms with Crippen molar-refractivity contribution < 1.29 is 4.79 Å². The van der Waals surface area contributed by atoms with E-state index in [-0.39, 0.29) is 11.8 Å². The van der Waals surface area contributed by atoms with Gasteiger partial charge in [0.25, 0.3) is 0 Å². The SMILES string of the molecule is CCCN(C1CC1)C(C)C(=O)c1ccc(Cl)cc1. The molecule has 0 saturated heterocycles. The lowest BCUT2D eigenvalue weighted by Gasteiger charge is -2.27. The Morgan fingerprint density at radius 1 is 1.39 bits per heavy atom. The lowest BCUT2D eigenvalue weighted by atomic mass is 10.0. The average molecular weight is 266 g/mol. The minimum atomic E-state index is -0.0291. The summed E-state index contributed by atoms with van der Waals surface area (Å²) in [5, 5.41) is 0.673. The zero-order valence-corrected chi connectivity index (χ0v) is 11.8. The topological polar surface area (TPSA) is 20.3 Å². The number of Topliss-reactive ketones (excluding diaryl/α,β-unsaturated/α-hetero) is 1. The summed E-state index contributed by atoms with van der Waals surface area (Å²) in [6.07, 6.45) is 3.56. The van der Waals surface area contributed by atoms with Crippen LogP contribution in [0.15, 0.2) is 24.3 Å². The summed E-state index contributed by atoms with van der Waals surface area (Å²) >= 11 is 5.85. The van der Waals surface area contributed by atoms with E-state index in [1.165, 1.54) is 12.8 Å². The van der Waals surface area contributed by atoms with Crippen molar-refractivity contribution in [2.45, 2.75) is 45.2 Å². The lowest BCUT2D eigenvalue weighted by molar-refractivity contribution is 0.0826. The van der Waals surface area contributed by atoms with E-state index in [4.69, 9.17) is 11.6 Å². The van der Waals surface area contributed by atoms with E-state index in [9.17, 15) is 4.79 Å². The molecule has 0 heterocycles. The molecule has 0 spiro atoms. The zero-order valence-electron chi connectivity index (χ0n) is 11.0. The summed E-state index contributed by atoms with van der Waals surface area (Å²) in [6, 6.07) is 7.79. The van der Waals surface area contributed by atoms with E-state index in [0.29, 0.717) is 11.1 Å². The first-order chi connectivity index (χ1) is 8.63. The fourth-order valence-corrected chi connectivity index (χ4v) is 2.49. The first kappa shape index (κ1) is 13.6. The largest absolute Gasteiger partial charge is 0.292 e. The van der Waals surface area contributed by atoms with Gasteiger partial charge in [-0.25, -0.2) is 0 Å². The van der Waals surface area contributed by atoms with Crippen molar-refractivity contribution in [2.24, 2.45) is 0 Å². The highest BCUT2D eigenvalue weighted by Crippen LogP contribution is 2.29. The molecule has 1 atom stereocenters. The minimum absolute atomic E-state index is 0.0291. The van der Waals surface area contributed by atoms with Gasteiger partial charge in [-0.15, -0.1) is 0 Å². The molecule has 98 valence electrons. The number of hydrogen-bond donors (Lipinski definition) is 0. The van der Waals surface area contributed by atoms with Gasteiger partial charge in [0.1, 0.15) is 0 Å². The van der Waals surface area contributed by atoms with Crippen molar-refractivity contribution in [3.05, 3.63) is 34.9 Å². The highest BCUT2D eigenvalue weighted by molar-refractivity contribution is 6.30. The molecule has 0 N–H and O–H groups in total. The Labute approximate surface area is 114 Å². The summed E-state index contributed by atoms with van der Waals surface area (Å²) < 4.78 is 0. The van der Waals surface area contributed by atoms with Crippen molar-refractivity contribution in [3.8, 4) is 0 Å². The molecule has 2 rings (SSSR count). The molecule has 1 aromatic rings. The van der Waals surface area contributed by atoms with Gasteiger partial charge in [-0.1, -0.05) is 18.5 Å². The number of hydrogen-bond acceptors (Lipinski definition) is 2. The number of benzene rings is 1. The molecule has 0 aliphatic heterocycles. The van der Waals surface area contributed by atoms with E-state index < -0.39 is 0 Å². The predicted molar refractivity (Wildman–Crippen MR) is 75.3 cm³/mol. The molecule has 0 amide bonds. The molecule has 1 aromatic carbocycles. The van der Waals surface area contributed by atoms with Gasteiger partial charge in [-0.05, 0) is 57.0 Å². The van der Waals surface area contributed by atoms with Gasteiger partial charge >= 0.3 is 0 Å². The number of rotatable bonds is 6. The van der Waals surface area contributed by atoms with Crippen LogP contribution in [0.1, 0.15) is 43.5 Å². The molecule has 0 radical (unpaired) electrons. The first-order valence-corrected chi connectivity index (χ1v) is 7.06. The van der Waals surface area contributed by atoms with E-state index in [0.717, 1.165) is 18.5 Å². The summed E-state index contributed by atoms with van der Waals surface area (Å²) in [4.78, 5) is 14.8. The quantitative estimate of drug-likeness (QED) is 0.730. The van der Waals surface area contributed by atoms with Crippen molar-refractivity contribution in [1.82, 2.24) is 4.90 Å². The van der Waals surface area contributed by atoms with Gasteiger partial charge in [-0.2, -0.15) is 0 Å². The minimum Gasteiger partial charge on any atom is -0.292 e. The van der Waals surface area contributed by atoms with Crippen LogP contribution in [0.5, 0.6) is 0 Å². The molecular weight excluding hydrogens is 246 g/mol. The first-order valence-electron chi connectivity index (χ1n) is 6.69. The molecule has 1 fully saturated rings. The molecule has 0 bridgehead atoms. The van der Waals surface area contributed by atoms with Crippen molar-refractivity contribution in [1.29, 1.82) is 0 Å². The van der Waals surface area contributed by atoms with Crippen molar-refractivity contribution in [2.75, 3.05) is 6.54 Å². The Bertz CT molecular complexity index is 411. The summed E-state index contributed by atoms with van der Waals surface area (Å²) in [7, 11) is 0. The van der Waals surface area contributed by atoms with Crippen LogP contribution in [-0.4, -0.2) is 29.3 Å². The number of carbonyl (C=O) groups is 1. The van der Waals surface area contributed by atoms with Crippen LogP contribution in [0.25, 0.3) is 0 Å². The van der Waals surface area contributed by atoms with Crippen LogP contribution in [0.3, 0.4) is 0 Å². The molecule has 1 unspecified atom stereocenters. The van der Waals surface area contributed by atoms with Crippen LogP contribution in [-0.2, 0) is 0 Å². The molecule has 2 nitrogen and oxygen atoms in total. The Hall–Kier alpha value is -0.860. The van der Waals surface area contributed by atoms with Gasteiger partial charge in [0, 0.05) is 16.6 Å². The van der Waals surface area contributed by atoms with Gasteiger partial charge in [0.2, 0.25) is 0 Å². The van der Waals surface area contributed by atoms with E-state index >= 15 is 0 Å². The second-order valence-corrected chi connectivity index (χ2v) is 5.45. The predicted octanol–water partition coefficient (Wildman–Crippen LogP) is 3.79. The van der Waals surface area contributed by atoms with Crippen LogP contribution in [0.2, 0.25) is 5.02 Å². The van der Waals surface area contributed by atoms with Crippen molar-refractivity contribution in [3.63, 3.8) is 0 Å². The van der Waals surface area contributed by atoms with Gasteiger partial charge in [0.15, 0.2) is 5.78 Å². The van der Waals surface area contributed by atoms with Gasteiger partial charge < -0.3 is 0 Å². The number of halogens is 1. The molecule has 1 saturated carbocycles. The summed E-state index contributed by atoms with van der Waals surface area (Å²) in [5.41, 5.74) is 0.758. The third kappa shape index (κ3) is 3.12. The molecule has 1 aliphatic carbocycles. The summed E-state index contributed by atoms with van der Waals surface area (Å²) in [5.74, 6) is 0.201. The standard InChI is InChI=1S/C15H20ClNO/c1-3-10-17(14-8-9-14)11(2)15(18)12-4-6-13(16)7-5-12/h4-7,11,14H,3,8-10H2,1-2H3. The Morgan fingerprint density at radius 2 is 2.00 bits per heavy atom. The third-order valence-electron chi connectivity index (χ3n) is 3.50. The Balaban J connectivity index is 2.08. The highest BCUT2D eigenvalue weighted by atomic mass is 35.5. The Kier molecular flexibility index (Phi) is 4.41. The number of carbonyl (C=O) groups excluding carboxylic acids is 1. The van der Waals surface area contributed by atoms with E-state index in [1.807, 2.05) is 19.1 Å². The Morgan fingerprint density at radius 3 is 2.50 bits per heavy atom. The zero-order chi connectivity index (χ0) is 13.1. The molecular formula is C15H20ClNO. The molecule has 18 heavy (non-hydrogen) atoms. The van der Waals surface area contributed by atoms with Crippen LogP contribution in [0, 0.1) is 0 Å². The second kappa shape index (κ2) is 5.85. The van der Waals surface area contributed by atoms with Crippen LogP contribution in [0.4, 0.5) is 0 Å². The van der Waals surface area contributed by atoms with Crippen molar-refractivity contribution >= 4 is 17.4 Å². The fourth-order valence-electron chi connectivity index (χ4n) is 2.36. The average Bonchev–Trinajstić information content (AvgIpc) is 3.19. The third-order valence-corrected chi connectivity index (χ3v) is 3.76. The van der Waals surface area contributed by atoms with Gasteiger partial charge in [-0.3, -0.25) is 9.69 Å². The van der Waals surface area contributed by atoms with Gasteiger partial charge in [0.05, 0.1) is 6.04 Å². The van der Waals surface area contributed by atoms with E-state index in [2.05, 4.69) is 11.8 Å². The van der Waals surface area contributed by atoms with Crippen LogP contribution < -0.4 is 0 Å². The fraction of sp³-hybridized carbons (Fsp3) is 0.533. The molecule has 1 aliphatic rings. The lowest BCUT2D eigenvalue weighted by Crippen LogP contribution is -2.41. The van der Waals surface area contributed by atoms with Crippen LogP contribution >= 0.6 is 11.6 Å². The monoisotopic (exact) mass is 265 g/mol. The maximum absolute atomic E-state index is 12.4. The number of nitrogens with zero attached hydrogens (tertiary/aromatic N) is 1. The molecule has 3 heteroatoms. The summed E-state index contributed by atoms with van der Waals surface area (Å²) in [6.45, 7) is 5.19. The second-order valence-electron chi connectivity index (χ2n) is 5.02. The number of ketones is 1. The highest BCUT2D eigenvalue weighted by Gasteiger charge is 2.34.